The minimum absolute atomic E-state index is 0.290. The fourth-order valence-corrected chi connectivity index (χ4v) is 2.07. The van der Waals surface area contributed by atoms with Crippen LogP contribution in [0.1, 0.15) is 26.5 Å². The first kappa shape index (κ1) is 13.0. The molecule has 0 fully saturated rings. The van der Waals surface area contributed by atoms with Crippen molar-refractivity contribution < 1.29 is 5.11 Å². The molecule has 0 aliphatic heterocycles. The summed E-state index contributed by atoms with van der Waals surface area (Å²) in [6.07, 6.45) is 0.308. The standard InChI is InChI=1S/C16H21NO/c1-11(2)12(3)16(18)10-14-9-8-13-6-4-5-7-15(13)17-14/h4-9,11-12,16,18H,10H2,1-3H3. The van der Waals surface area contributed by atoms with E-state index in [4.69, 9.17) is 0 Å². The van der Waals surface area contributed by atoms with Crippen molar-refractivity contribution in [3.05, 3.63) is 42.1 Å². The number of nitrogens with zero attached hydrogens (tertiary/aromatic N) is 1. The van der Waals surface area contributed by atoms with Crippen LogP contribution in [0.25, 0.3) is 10.9 Å². The minimum Gasteiger partial charge on any atom is -0.392 e. The number of hydrogen-bond acceptors (Lipinski definition) is 2. The van der Waals surface area contributed by atoms with Crippen LogP contribution in [0.2, 0.25) is 0 Å². The Bertz CT molecular complexity index is 521. The van der Waals surface area contributed by atoms with Crippen molar-refractivity contribution in [1.29, 1.82) is 0 Å². The molecule has 2 heteroatoms. The molecule has 2 nitrogen and oxygen atoms in total. The average molecular weight is 243 g/mol. The van der Waals surface area contributed by atoms with Crippen molar-refractivity contribution in [2.45, 2.75) is 33.3 Å². The maximum Gasteiger partial charge on any atom is 0.0705 e. The molecule has 1 heterocycles. The zero-order valence-corrected chi connectivity index (χ0v) is 11.3. The second-order valence-electron chi connectivity index (χ2n) is 5.37. The molecule has 0 spiro atoms. The highest BCUT2D eigenvalue weighted by atomic mass is 16.3. The van der Waals surface area contributed by atoms with Crippen LogP contribution in [0.5, 0.6) is 0 Å². The van der Waals surface area contributed by atoms with Crippen LogP contribution in [-0.4, -0.2) is 16.2 Å². The molecule has 1 aromatic carbocycles. The first-order chi connectivity index (χ1) is 8.58. The molecule has 0 radical (unpaired) electrons. The molecule has 96 valence electrons. The first-order valence-corrected chi connectivity index (χ1v) is 6.60. The lowest BCUT2D eigenvalue weighted by atomic mass is 9.90. The molecule has 2 unspecified atom stereocenters. The predicted octanol–water partition coefficient (Wildman–Crippen LogP) is 3.43. The van der Waals surface area contributed by atoms with Crippen molar-refractivity contribution in [3.63, 3.8) is 0 Å². The Morgan fingerprint density at radius 3 is 2.50 bits per heavy atom. The molecule has 1 aromatic heterocycles. The molecule has 0 amide bonds. The van der Waals surface area contributed by atoms with Crippen molar-refractivity contribution in [3.8, 4) is 0 Å². The Hall–Kier alpha value is -1.41. The SMILES string of the molecule is CC(C)C(C)C(O)Cc1ccc2ccccc2n1. The van der Waals surface area contributed by atoms with Crippen molar-refractivity contribution >= 4 is 10.9 Å². The van der Waals surface area contributed by atoms with E-state index in [1.54, 1.807) is 0 Å². The summed E-state index contributed by atoms with van der Waals surface area (Å²) in [6.45, 7) is 6.37. The maximum atomic E-state index is 10.2. The Balaban J connectivity index is 2.17. The Morgan fingerprint density at radius 2 is 1.78 bits per heavy atom. The zero-order chi connectivity index (χ0) is 13.1. The Labute approximate surface area is 109 Å². The lowest BCUT2D eigenvalue weighted by molar-refractivity contribution is 0.0913. The van der Waals surface area contributed by atoms with Gasteiger partial charge in [-0.3, -0.25) is 4.98 Å². The van der Waals surface area contributed by atoms with Crippen LogP contribution >= 0.6 is 0 Å². The quantitative estimate of drug-likeness (QED) is 0.892. The summed E-state index contributed by atoms with van der Waals surface area (Å²) in [6, 6.07) is 12.2. The van der Waals surface area contributed by atoms with Crippen LogP contribution in [-0.2, 0) is 6.42 Å². The predicted molar refractivity (Wildman–Crippen MR) is 75.5 cm³/mol. The fourth-order valence-electron chi connectivity index (χ4n) is 2.07. The molecule has 2 aromatic rings. The van der Waals surface area contributed by atoms with Crippen molar-refractivity contribution in [2.24, 2.45) is 11.8 Å². The smallest absolute Gasteiger partial charge is 0.0705 e. The molecule has 2 atom stereocenters. The molecular weight excluding hydrogens is 222 g/mol. The molecular formula is C16H21NO. The second kappa shape index (κ2) is 5.49. The van der Waals surface area contributed by atoms with Gasteiger partial charge >= 0.3 is 0 Å². The number of hydrogen-bond donors (Lipinski definition) is 1. The van der Waals surface area contributed by atoms with E-state index in [1.807, 2.05) is 24.3 Å². The van der Waals surface area contributed by atoms with Gasteiger partial charge in [-0.1, -0.05) is 45.0 Å². The fraction of sp³-hybridized carbons (Fsp3) is 0.438. The third-order valence-corrected chi connectivity index (χ3v) is 3.73. The molecule has 1 N–H and O–H groups in total. The van der Waals surface area contributed by atoms with Crippen LogP contribution in [0, 0.1) is 11.8 Å². The van der Waals surface area contributed by atoms with E-state index in [0.717, 1.165) is 16.6 Å². The van der Waals surface area contributed by atoms with E-state index < -0.39 is 0 Å². The van der Waals surface area contributed by atoms with Gasteiger partial charge in [0.25, 0.3) is 0 Å². The molecule has 0 saturated heterocycles. The van der Waals surface area contributed by atoms with Gasteiger partial charge in [0.1, 0.15) is 0 Å². The molecule has 0 aliphatic rings. The van der Waals surface area contributed by atoms with E-state index in [1.165, 1.54) is 0 Å². The number of para-hydroxylation sites is 1. The van der Waals surface area contributed by atoms with Gasteiger partial charge in [-0.2, -0.15) is 0 Å². The number of fused-ring (bicyclic) bond motifs is 1. The molecule has 0 aliphatic carbocycles. The summed E-state index contributed by atoms with van der Waals surface area (Å²) in [4.78, 5) is 4.60. The summed E-state index contributed by atoms with van der Waals surface area (Å²) < 4.78 is 0. The third kappa shape index (κ3) is 2.88. The highest BCUT2D eigenvalue weighted by Gasteiger charge is 2.18. The van der Waals surface area contributed by atoms with Crippen LogP contribution in [0.15, 0.2) is 36.4 Å². The van der Waals surface area contributed by atoms with Crippen LogP contribution < -0.4 is 0 Å². The highest BCUT2D eigenvalue weighted by Crippen LogP contribution is 2.19. The normalized spacial score (nSPS) is 14.9. The Kier molecular flexibility index (Phi) is 3.97. The highest BCUT2D eigenvalue weighted by molar-refractivity contribution is 5.78. The zero-order valence-electron chi connectivity index (χ0n) is 11.3. The van der Waals surface area contributed by atoms with Gasteiger partial charge in [0, 0.05) is 17.5 Å². The minimum atomic E-state index is -0.321. The summed E-state index contributed by atoms with van der Waals surface area (Å²) in [5, 5.41) is 11.3. The lowest BCUT2D eigenvalue weighted by Crippen LogP contribution is -2.24. The summed E-state index contributed by atoms with van der Waals surface area (Å²) in [5.74, 6) is 0.777. The lowest BCUT2D eigenvalue weighted by Gasteiger charge is -2.21. The van der Waals surface area contributed by atoms with Gasteiger partial charge in [0.05, 0.1) is 11.6 Å². The number of aliphatic hydroxyl groups excluding tert-OH is 1. The summed E-state index contributed by atoms with van der Waals surface area (Å²) in [5.41, 5.74) is 1.97. The first-order valence-electron chi connectivity index (χ1n) is 6.60. The van der Waals surface area contributed by atoms with Gasteiger partial charge in [0.2, 0.25) is 0 Å². The topological polar surface area (TPSA) is 33.1 Å². The molecule has 18 heavy (non-hydrogen) atoms. The number of aliphatic hydroxyl groups is 1. The van der Waals surface area contributed by atoms with Gasteiger partial charge in [-0.05, 0) is 24.0 Å². The number of pyridine rings is 1. The monoisotopic (exact) mass is 243 g/mol. The molecule has 0 saturated carbocycles. The van der Waals surface area contributed by atoms with Crippen molar-refractivity contribution in [1.82, 2.24) is 4.98 Å². The van der Waals surface area contributed by atoms with Gasteiger partial charge in [-0.25, -0.2) is 0 Å². The van der Waals surface area contributed by atoms with Gasteiger partial charge in [0.15, 0.2) is 0 Å². The van der Waals surface area contributed by atoms with E-state index in [0.29, 0.717) is 18.3 Å². The van der Waals surface area contributed by atoms with E-state index in [2.05, 4.69) is 37.9 Å². The number of benzene rings is 1. The summed E-state index contributed by atoms with van der Waals surface area (Å²) in [7, 11) is 0. The van der Waals surface area contributed by atoms with Crippen molar-refractivity contribution in [2.75, 3.05) is 0 Å². The van der Waals surface area contributed by atoms with Gasteiger partial charge in [-0.15, -0.1) is 0 Å². The third-order valence-electron chi connectivity index (χ3n) is 3.73. The van der Waals surface area contributed by atoms with Crippen LogP contribution in [0.3, 0.4) is 0 Å². The van der Waals surface area contributed by atoms with Gasteiger partial charge < -0.3 is 5.11 Å². The number of rotatable bonds is 4. The maximum absolute atomic E-state index is 10.2. The Morgan fingerprint density at radius 1 is 1.06 bits per heavy atom. The van der Waals surface area contributed by atoms with E-state index in [9.17, 15) is 5.11 Å². The number of aromatic nitrogens is 1. The molecule has 2 rings (SSSR count). The molecule has 0 bridgehead atoms. The largest absolute Gasteiger partial charge is 0.392 e. The average Bonchev–Trinajstić information content (AvgIpc) is 2.37. The van der Waals surface area contributed by atoms with E-state index >= 15 is 0 Å². The van der Waals surface area contributed by atoms with Crippen LogP contribution in [0.4, 0.5) is 0 Å². The van der Waals surface area contributed by atoms with E-state index in [-0.39, 0.29) is 6.10 Å². The second-order valence-corrected chi connectivity index (χ2v) is 5.37. The summed E-state index contributed by atoms with van der Waals surface area (Å²) >= 11 is 0.